The molecule has 108 valence electrons. The molecule has 6 nitrogen and oxygen atoms in total. The molecule has 0 bridgehead atoms. The average molecular weight is 264 g/mol. The van der Waals surface area contributed by atoms with Crippen LogP contribution in [0, 0.1) is 5.92 Å². The lowest BCUT2D eigenvalue weighted by atomic mass is 10.0. The lowest BCUT2D eigenvalue weighted by Crippen LogP contribution is -2.29. The van der Waals surface area contributed by atoms with E-state index in [0.29, 0.717) is 19.4 Å². The summed E-state index contributed by atoms with van der Waals surface area (Å²) in [5.74, 6) is -0.685. The van der Waals surface area contributed by atoms with Crippen molar-refractivity contribution in [2.45, 2.75) is 32.3 Å². The third kappa shape index (κ3) is 6.30. The molecule has 0 unspecified atom stereocenters. The molecular weight excluding hydrogens is 240 g/mol. The minimum absolute atomic E-state index is 0.296. The van der Waals surface area contributed by atoms with Crippen LogP contribution in [0.2, 0.25) is 0 Å². The van der Waals surface area contributed by atoms with Crippen molar-refractivity contribution in [2.75, 3.05) is 35.0 Å². The maximum Gasteiger partial charge on any atom is 0.309 e. The molecule has 0 amide bonds. The smallest absolute Gasteiger partial charge is 0.309 e. The van der Waals surface area contributed by atoms with Gasteiger partial charge in [-0.05, 0) is 6.92 Å². The number of hydrogen-bond acceptors (Lipinski definition) is 6. The molecule has 0 aliphatic heterocycles. The SMILES string of the molecule is CCOC(=O)C(CC(OC)OC)CC(OC)OC. The van der Waals surface area contributed by atoms with E-state index in [4.69, 9.17) is 23.7 Å². The van der Waals surface area contributed by atoms with Crippen molar-refractivity contribution in [1.29, 1.82) is 0 Å². The van der Waals surface area contributed by atoms with Crippen LogP contribution in [-0.4, -0.2) is 53.6 Å². The Kier molecular flexibility index (Phi) is 9.86. The number of hydrogen-bond donors (Lipinski definition) is 0. The number of methoxy groups -OCH3 is 4. The molecule has 0 saturated heterocycles. The number of carbonyl (C=O) groups is 1. The molecule has 0 rings (SSSR count). The van der Waals surface area contributed by atoms with E-state index in [1.807, 2.05) is 0 Å². The highest BCUT2D eigenvalue weighted by molar-refractivity contribution is 5.72. The highest BCUT2D eigenvalue weighted by atomic mass is 16.7. The quantitative estimate of drug-likeness (QED) is 0.436. The largest absolute Gasteiger partial charge is 0.466 e. The van der Waals surface area contributed by atoms with Gasteiger partial charge < -0.3 is 23.7 Å². The van der Waals surface area contributed by atoms with Gasteiger partial charge >= 0.3 is 5.97 Å². The Labute approximate surface area is 108 Å². The van der Waals surface area contributed by atoms with E-state index in [9.17, 15) is 4.79 Å². The summed E-state index contributed by atoms with van der Waals surface area (Å²) in [5, 5.41) is 0. The van der Waals surface area contributed by atoms with Crippen molar-refractivity contribution >= 4 is 5.97 Å². The van der Waals surface area contributed by atoms with E-state index in [1.54, 1.807) is 6.92 Å². The van der Waals surface area contributed by atoms with Gasteiger partial charge in [0.15, 0.2) is 12.6 Å². The second kappa shape index (κ2) is 10.3. The summed E-state index contributed by atoms with van der Waals surface area (Å²) < 4.78 is 25.4. The van der Waals surface area contributed by atoms with Gasteiger partial charge in [0.25, 0.3) is 0 Å². The van der Waals surface area contributed by atoms with Gasteiger partial charge in [0.05, 0.1) is 12.5 Å². The van der Waals surface area contributed by atoms with Gasteiger partial charge in [-0.25, -0.2) is 0 Å². The van der Waals surface area contributed by atoms with Crippen molar-refractivity contribution in [2.24, 2.45) is 5.92 Å². The highest BCUT2D eigenvalue weighted by Gasteiger charge is 2.27. The van der Waals surface area contributed by atoms with Crippen molar-refractivity contribution in [1.82, 2.24) is 0 Å². The van der Waals surface area contributed by atoms with E-state index in [2.05, 4.69) is 0 Å². The van der Waals surface area contributed by atoms with E-state index in [0.717, 1.165) is 0 Å². The Hall–Kier alpha value is -0.690. The van der Waals surface area contributed by atoms with Gasteiger partial charge in [-0.2, -0.15) is 0 Å². The van der Waals surface area contributed by atoms with Gasteiger partial charge in [0.2, 0.25) is 0 Å². The average Bonchev–Trinajstić information content (AvgIpc) is 2.39. The predicted octanol–water partition coefficient (Wildman–Crippen LogP) is 1.18. The predicted molar refractivity (Wildman–Crippen MR) is 65.0 cm³/mol. The van der Waals surface area contributed by atoms with Crippen LogP contribution in [0.1, 0.15) is 19.8 Å². The second-order valence-electron chi connectivity index (χ2n) is 3.72. The minimum Gasteiger partial charge on any atom is -0.466 e. The molecule has 0 saturated carbocycles. The maximum atomic E-state index is 11.8. The van der Waals surface area contributed by atoms with Crippen LogP contribution in [0.4, 0.5) is 0 Å². The van der Waals surface area contributed by atoms with E-state index in [1.165, 1.54) is 28.4 Å². The van der Waals surface area contributed by atoms with Crippen LogP contribution in [0.25, 0.3) is 0 Å². The molecule has 0 radical (unpaired) electrons. The standard InChI is InChI=1S/C12H24O6/c1-6-18-12(13)9(7-10(14-2)15-3)8-11(16-4)17-5/h9-11H,6-8H2,1-5H3. The fraction of sp³-hybridized carbons (Fsp3) is 0.917. The third-order valence-corrected chi connectivity index (χ3v) is 2.63. The monoisotopic (exact) mass is 264 g/mol. The fourth-order valence-corrected chi connectivity index (χ4v) is 1.59. The van der Waals surface area contributed by atoms with Crippen LogP contribution < -0.4 is 0 Å². The Morgan fingerprint density at radius 2 is 1.28 bits per heavy atom. The topological polar surface area (TPSA) is 63.2 Å². The number of esters is 1. The molecule has 0 aromatic carbocycles. The molecule has 0 spiro atoms. The summed E-state index contributed by atoms with van der Waals surface area (Å²) in [6.07, 6.45) is -0.105. The second-order valence-corrected chi connectivity index (χ2v) is 3.72. The van der Waals surface area contributed by atoms with Crippen LogP contribution in [0.15, 0.2) is 0 Å². The number of ether oxygens (including phenoxy) is 5. The zero-order chi connectivity index (χ0) is 14.0. The Bertz CT molecular complexity index is 199. The van der Waals surface area contributed by atoms with Crippen LogP contribution >= 0.6 is 0 Å². The van der Waals surface area contributed by atoms with Crippen molar-refractivity contribution < 1.29 is 28.5 Å². The summed E-state index contributed by atoms with van der Waals surface area (Å²) >= 11 is 0. The molecule has 0 aromatic rings. The van der Waals surface area contributed by atoms with Crippen LogP contribution in [-0.2, 0) is 28.5 Å². The van der Waals surface area contributed by atoms with Gasteiger partial charge in [-0.3, -0.25) is 4.79 Å². The molecule has 0 N–H and O–H groups in total. The molecule has 0 fully saturated rings. The first kappa shape index (κ1) is 17.3. The summed E-state index contributed by atoms with van der Waals surface area (Å²) in [4.78, 5) is 11.8. The molecule has 0 aliphatic carbocycles. The lowest BCUT2D eigenvalue weighted by molar-refractivity contribution is -0.167. The summed E-state index contributed by atoms with van der Waals surface area (Å²) in [6, 6.07) is 0. The molecule has 0 atom stereocenters. The normalized spacial score (nSPS) is 11.6. The number of carbonyl (C=O) groups excluding carboxylic acids is 1. The molecule has 6 heteroatoms. The lowest BCUT2D eigenvalue weighted by Gasteiger charge is -2.23. The molecule has 0 aliphatic rings. The van der Waals surface area contributed by atoms with Gasteiger partial charge in [0, 0.05) is 41.3 Å². The van der Waals surface area contributed by atoms with Gasteiger partial charge in [0.1, 0.15) is 0 Å². The van der Waals surface area contributed by atoms with Gasteiger partial charge in [-0.15, -0.1) is 0 Å². The third-order valence-electron chi connectivity index (χ3n) is 2.63. The van der Waals surface area contributed by atoms with E-state index < -0.39 is 12.6 Å². The van der Waals surface area contributed by atoms with Crippen LogP contribution in [0.5, 0.6) is 0 Å². The molecule has 0 aromatic heterocycles. The van der Waals surface area contributed by atoms with Crippen molar-refractivity contribution in [3.05, 3.63) is 0 Å². The van der Waals surface area contributed by atoms with Crippen molar-refractivity contribution in [3.8, 4) is 0 Å². The molecular formula is C12H24O6. The number of rotatable bonds is 10. The summed E-state index contributed by atoms with van der Waals surface area (Å²) in [5.41, 5.74) is 0. The zero-order valence-electron chi connectivity index (χ0n) is 11.8. The first-order valence-electron chi connectivity index (χ1n) is 5.90. The highest BCUT2D eigenvalue weighted by Crippen LogP contribution is 2.19. The first-order valence-corrected chi connectivity index (χ1v) is 5.90. The Morgan fingerprint density at radius 1 is 0.889 bits per heavy atom. The Balaban J connectivity index is 4.54. The fourth-order valence-electron chi connectivity index (χ4n) is 1.59. The minimum atomic E-state index is -0.450. The van der Waals surface area contributed by atoms with Crippen LogP contribution in [0.3, 0.4) is 0 Å². The van der Waals surface area contributed by atoms with E-state index >= 15 is 0 Å². The Morgan fingerprint density at radius 3 is 1.56 bits per heavy atom. The van der Waals surface area contributed by atoms with Crippen molar-refractivity contribution in [3.63, 3.8) is 0 Å². The summed E-state index contributed by atoms with van der Waals surface area (Å²) in [7, 11) is 6.11. The van der Waals surface area contributed by atoms with Gasteiger partial charge in [-0.1, -0.05) is 0 Å². The first-order chi connectivity index (χ1) is 8.62. The summed E-state index contributed by atoms with van der Waals surface area (Å²) in [6.45, 7) is 2.10. The van der Waals surface area contributed by atoms with E-state index in [-0.39, 0.29) is 11.9 Å². The molecule has 0 heterocycles. The molecule has 18 heavy (non-hydrogen) atoms. The maximum absolute atomic E-state index is 11.8. The zero-order valence-corrected chi connectivity index (χ0v) is 11.8.